The zero-order chi connectivity index (χ0) is 22.3. The number of nitrogens with one attached hydrogen (secondary N) is 1. The summed E-state index contributed by atoms with van der Waals surface area (Å²) in [4.78, 5) is 37.3. The molecule has 0 aliphatic rings. The van der Waals surface area contributed by atoms with Crippen molar-refractivity contribution in [3.63, 3.8) is 0 Å². The molecule has 9 heteroatoms. The number of esters is 2. The largest absolute Gasteiger partial charge is 0.493 e. The fourth-order valence-corrected chi connectivity index (χ4v) is 3.46. The van der Waals surface area contributed by atoms with Gasteiger partial charge in [0.15, 0.2) is 11.5 Å². The Hall–Kier alpha value is -3.20. The predicted octanol–water partition coefficient (Wildman–Crippen LogP) is 3.40. The smallest absolute Gasteiger partial charge is 0.337 e. The van der Waals surface area contributed by atoms with Crippen LogP contribution >= 0.6 is 11.8 Å². The summed E-state index contributed by atoms with van der Waals surface area (Å²) < 4.78 is 19.9. The van der Waals surface area contributed by atoms with Crippen LogP contribution in [0.5, 0.6) is 11.5 Å². The quantitative estimate of drug-likeness (QED) is 0.499. The zero-order valence-electron chi connectivity index (χ0n) is 17.3. The number of carbonyl (C=O) groups excluding carboxylic acids is 3. The van der Waals surface area contributed by atoms with E-state index in [1.54, 1.807) is 26.2 Å². The Bertz CT molecular complexity index is 911. The van der Waals surface area contributed by atoms with Crippen molar-refractivity contribution in [2.75, 3.05) is 33.8 Å². The van der Waals surface area contributed by atoms with Crippen LogP contribution in [0.2, 0.25) is 0 Å². The molecule has 0 saturated carbocycles. The molecule has 0 spiro atoms. The van der Waals surface area contributed by atoms with E-state index in [0.717, 1.165) is 4.90 Å². The molecule has 0 aliphatic heterocycles. The molecular formula is C21H23NO7S. The molecule has 0 saturated heterocycles. The summed E-state index contributed by atoms with van der Waals surface area (Å²) >= 11 is 1.32. The van der Waals surface area contributed by atoms with E-state index in [-0.39, 0.29) is 22.7 Å². The van der Waals surface area contributed by atoms with Gasteiger partial charge < -0.3 is 24.3 Å². The van der Waals surface area contributed by atoms with Gasteiger partial charge in [-0.25, -0.2) is 9.59 Å². The highest BCUT2D eigenvalue weighted by molar-refractivity contribution is 8.00. The SMILES string of the molecule is COC(=O)c1cc(NC(=O)C(C)Sc2ccc(OC)c(OC)c2)cc(C(=O)OC)c1. The summed E-state index contributed by atoms with van der Waals surface area (Å²) in [7, 11) is 5.54. The van der Waals surface area contributed by atoms with Crippen molar-refractivity contribution in [1.82, 2.24) is 0 Å². The van der Waals surface area contributed by atoms with Crippen LogP contribution in [0.25, 0.3) is 0 Å². The maximum atomic E-state index is 12.7. The molecule has 2 aromatic rings. The normalized spacial score (nSPS) is 11.2. The lowest BCUT2D eigenvalue weighted by Gasteiger charge is -2.15. The van der Waals surface area contributed by atoms with Crippen LogP contribution in [-0.2, 0) is 14.3 Å². The van der Waals surface area contributed by atoms with Gasteiger partial charge in [-0.3, -0.25) is 4.79 Å². The highest BCUT2D eigenvalue weighted by atomic mass is 32.2. The molecule has 1 N–H and O–H groups in total. The second-order valence-corrected chi connectivity index (χ2v) is 7.46. The van der Waals surface area contributed by atoms with Gasteiger partial charge >= 0.3 is 11.9 Å². The summed E-state index contributed by atoms with van der Waals surface area (Å²) in [5.74, 6) is -0.432. The first kappa shape index (κ1) is 23.1. The fraction of sp³-hybridized carbons (Fsp3) is 0.286. The van der Waals surface area contributed by atoms with Gasteiger partial charge in [-0.15, -0.1) is 11.8 Å². The standard InChI is InChI=1S/C21H23NO7S/c1-12(30-16-6-7-17(26-2)18(11-16)27-3)19(23)22-15-9-13(20(24)28-4)8-14(10-15)21(25)29-5/h6-12H,1-5H3,(H,22,23). The first-order valence-electron chi connectivity index (χ1n) is 8.84. The van der Waals surface area contributed by atoms with Crippen LogP contribution in [0, 0.1) is 0 Å². The second-order valence-electron chi connectivity index (χ2n) is 6.05. The second kappa shape index (κ2) is 10.5. The minimum absolute atomic E-state index is 0.121. The average molecular weight is 433 g/mol. The fourth-order valence-electron chi connectivity index (χ4n) is 2.56. The van der Waals surface area contributed by atoms with Crippen molar-refractivity contribution in [3.8, 4) is 11.5 Å². The number of rotatable bonds is 8. The number of hydrogen-bond acceptors (Lipinski definition) is 8. The van der Waals surface area contributed by atoms with E-state index in [0.29, 0.717) is 11.5 Å². The van der Waals surface area contributed by atoms with Gasteiger partial charge in [0.25, 0.3) is 0 Å². The van der Waals surface area contributed by atoms with Crippen LogP contribution in [0.4, 0.5) is 5.69 Å². The lowest BCUT2D eigenvalue weighted by Crippen LogP contribution is -2.23. The summed E-state index contributed by atoms with van der Waals surface area (Å²) in [5.41, 5.74) is 0.523. The number of benzene rings is 2. The molecule has 1 unspecified atom stereocenters. The van der Waals surface area contributed by atoms with Gasteiger partial charge in [0.1, 0.15) is 0 Å². The molecule has 8 nitrogen and oxygen atoms in total. The Morgan fingerprint density at radius 3 is 1.90 bits per heavy atom. The Kier molecular flexibility index (Phi) is 8.11. The van der Waals surface area contributed by atoms with Crippen molar-refractivity contribution in [2.24, 2.45) is 0 Å². The first-order chi connectivity index (χ1) is 14.3. The molecular weight excluding hydrogens is 410 g/mol. The Balaban J connectivity index is 2.19. The third-order valence-electron chi connectivity index (χ3n) is 4.08. The van der Waals surface area contributed by atoms with Gasteiger partial charge in [-0.1, -0.05) is 0 Å². The van der Waals surface area contributed by atoms with Crippen LogP contribution in [0.3, 0.4) is 0 Å². The number of methoxy groups -OCH3 is 4. The van der Waals surface area contributed by atoms with E-state index < -0.39 is 17.2 Å². The minimum atomic E-state index is -0.635. The number of hydrogen-bond donors (Lipinski definition) is 1. The topological polar surface area (TPSA) is 100 Å². The van der Waals surface area contributed by atoms with Crippen molar-refractivity contribution >= 4 is 35.3 Å². The number of carbonyl (C=O) groups is 3. The Morgan fingerprint density at radius 2 is 1.40 bits per heavy atom. The highest BCUT2D eigenvalue weighted by Crippen LogP contribution is 2.33. The molecule has 2 aromatic carbocycles. The van der Waals surface area contributed by atoms with E-state index in [9.17, 15) is 14.4 Å². The molecule has 0 bridgehead atoms. The predicted molar refractivity (Wildman–Crippen MR) is 113 cm³/mol. The summed E-state index contributed by atoms with van der Waals surface area (Å²) in [5, 5.41) is 2.24. The van der Waals surface area contributed by atoms with Crippen molar-refractivity contribution in [3.05, 3.63) is 47.5 Å². The van der Waals surface area contributed by atoms with Gasteiger partial charge in [0, 0.05) is 10.6 Å². The zero-order valence-corrected chi connectivity index (χ0v) is 18.1. The Morgan fingerprint density at radius 1 is 0.833 bits per heavy atom. The number of ether oxygens (including phenoxy) is 4. The van der Waals surface area contributed by atoms with E-state index in [1.165, 1.54) is 51.3 Å². The van der Waals surface area contributed by atoms with Crippen LogP contribution in [-0.4, -0.2) is 51.5 Å². The van der Waals surface area contributed by atoms with Crippen molar-refractivity contribution in [2.45, 2.75) is 17.1 Å². The van der Waals surface area contributed by atoms with E-state index in [1.807, 2.05) is 6.07 Å². The van der Waals surface area contributed by atoms with E-state index >= 15 is 0 Å². The molecule has 0 radical (unpaired) electrons. The number of amides is 1. The Labute approximate surface area is 178 Å². The minimum Gasteiger partial charge on any atom is -0.493 e. The van der Waals surface area contributed by atoms with Gasteiger partial charge in [0.2, 0.25) is 5.91 Å². The highest BCUT2D eigenvalue weighted by Gasteiger charge is 2.19. The third kappa shape index (κ3) is 5.66. The molecule has 2 rings (SSSR count). The maximum absolute atomic E-state index is 12.7. The van der Waals surface area contributed by atoms with Gasteiger partial charge in [0.05, 0.1) is 44.8 Å². The molecule has 1 atom stereocenters. The van der Waals surface area contributed by atoms with Crippen molar-refractivity contribution in [1.29, 1.82) is 0 Å². The molecule has 30 heavy (non-hydrogen) atoms. The number of thioether (sulfide) groups is 1. The molecule has 0 heterocycles. The lowest BCUT2D eigenvalue weighted by molar-refractivity contribution is -0.115. The molecule has 0 aliphatic carbocycles. The number of anilines is 1. The molecule has 160 valence electrons. The summed E-state index contributed by atoms with van der Waals surface area (Å²) in [6.45, 7) is 1.74. The van der Waals surface area contributed by atoms with E-state index in [2.05, 4.69) is 5.32 Å². The monoisotopic (exact) mass is 433 g/mol. The summed E-state index contributed by atoms with van der Waals surface area (Å²) in [6, 6.07) is 9.57. The maximum Gasteiger partial charge on any atom is 0.337 e. The molecule has 1 amide bonds. The van der Waals surface area contributed by atoms with Gasteiger partial charge in [-0.05, 0) is 43.3 Å². The lowest BCUT2D eigenvalue weighted by atomic mass is 10.1. The average Bonchev–Trinajstić information content (AvgIpc) is 2.77. The first-order valence-corrected chi connectivity index (χ1v) is 9.72. The molecule has 0 fully saturated rings. The van der Waals surface area contributed by atoms with Crippen LogP contribution in [0.1, 0.15) is 27.6 Å². The van der Waals surface area contributed by atoms with Crippen LogP contribution in [0.15, 0.2) is 41.3 Å². The third-order valence-corrected chi connectivity index (χ3v) is 5.17. The molecule has 0 aromatic heterocycles. The van der Waals surface area contributed by atoms with Crippen LogP contribution < -0.4 is 14.8 Å². The van der Waals surface area contributed by atoms with Gasteiger partial charge in [-0.2, -0.15) is 0 Å². The summed E-state index contributed by atoms with van der Waals surface area (Å²) in [6.07, 6.45) is 0. The van der Waals surface area contributed by atoms with Crippen molar-refractivity contribution < 1.29 is 33.3 Å². The van der Waals surface area contributed by atoms with E-state index in [4.69, 9.17) is 18.9 Å².